The molecule has 3 rings (SSSR count). The first-order chi connectivity index (χ1) is 11.5. The molecule has 0 bridgehead atoms. The minimum atomic E-state index is -0.375. The highest BCUT2D eigenvalue weighted by molar-refractivity contribution is 6.34. The van der Waals surface area contributed by atoms with Gasteiger partial charge in [-0.15, -0.1) is 0 Å². The lowest BCUT2D eigenvalue weighted by atomic mass is 9.99. The highest BCUT2D eigenvalue weighted by Gasteiger charge is 2.32. The van der Waals surface area contributed by atoms with Gasteiger partial charge in [-0.25, -0.2) is 10.2 Å². The largest absolute Gasteiger partial charge is 0.482 e. The Morgan fingerprint density at radius 1 is 1.42 bits per heavy atom. The lowest BCUT2D eigenvalue weighted by Crippen LogP contribution is -2.48. The van der Waals surface area contributed by atoms with Crippen molar-refractivity contribution in [2.24, 2.45) is 5.92 Å². The molecular formula is C15H20ClN5O3. The highest BCUT2D eigenvalue weighted by atomic mass is 35.5. The maximum Gasteiger partial charge on any atom is 0.320 e. The van der Waals surface area contributed by atoms with E-state index in [9.17, 15) is 9.59 Å². The molecule has 0 spiro atoms. The zero-order valence-corrected chi connectivity index (χ0v) is 14.2. The van der Waals surface area contributed by atoms with Crippen LogP contribution in [0, 0.1) is 5.92 Å². The predicted octanol–water partition coefficient (Wildman–Crippen LogP) is 1.64. The molecule has 1 aromatic carbocycles. The van der Waals surface area contributed by atoms with Gasteiger partial charge in [0.1, 0.15) is 5.75 Å². The number of fused-ring (bicyclic) bond motifs is 1. The number of hydrazine groups is 1. The van der Waals surface area contributed by atoms with Crippen molar-refractivity contribution in [2.75, 3.05) is 17.2 Å². The minimum absolute atomic E-state index is 0.0617. The van der Waals surface area contributed by atoms with E-state index in [1.54, 1.807) is 12.1 Å². The van der Waals surface area contributed by atoms with Crippen molar-refractivity contribution in [2.45, 2.75) is 32.5 Å². The quantitative estimate of drug-likeness (QED) is 0.568. The van der Waals surface area contributed by atoms with Gasteiger partial charge in [0.2, 0.25) is 0 Å². The molecule has 24 heavy (non-hydrogen) atoms. The van der Waals surface area contributed by atoms with E-state index >= 15 is 0 Å². The Hall–Kier alpha value is -2.03. The Bertz CT molecular complexity index is 669. The smallest absolute Gasteiger partial charge is 0.320 e. The van der Waals surface area contributed by atoms with E-state index < -0.39 is 0 Å². The number of carbonyl (C=O) groups is 2. The monoisotopic (exact) mass is 353 g/mol. The molecule has 1 fully saturated rings. The first kappa shape index (κ1) is 16.8. The number of amides is 3. The molecule has 2 aliphatic heterocycles. The van der Waals surface area contributed by atoms with Crippen molar-refractivity contribution in [3.05, 3.63) is 17.2 Å². The molecule has 5 N–H and O–H groups in total. The SMILES string of the molecule is CCC1NNC(NC(=O)Nc2cc3c(cc2Cl)NC(=O)CO3)C1C. The van der Waals surface area contributed by atoms with E-state index in [0.29, 0.717) is 28.2 Å². The zero-order chi connectivity index (χ0) is 17.3. The molecule has 0 saturated carbocycles. The van der Waals surface area contributed by atoms with Gasteiger partial charge in [-0.05, 0) is 12.5 Å². The third-order valence-corrected chi connectivity index (χ3v) is 4.57. The minimum Gasteiger partial charge on any atom is -0.482 e. The number of ether oxygens (including phenoxy) is 1. The van der Waals surface area contributed by atoms with E-state index in [-0.39, 0.29) is 30.6 Å². The van der Waals surface area contributed by atoms with Gasteiger partial charge in [-0.2, -0.15) is 0 Å². The Balaban J connectivity index is 1.66. The number of rotatable bonds is 3. The van der Waals surface area contributed by atoms with Crippen LogP contribution in [0.15, 0.2) is 12.1 Å². The van der Waals surface area contributed by atoms with Crippen LogP contribution >= 0.6 is 11.6 Å². The summed E-state index contributed by atoms with van der Waals surface area (Å²) in [5.41, 5.74) is 7.12. The van der Waals surface area contributed by atoms with Gasteiger partial charge in [0.05, 0.1) is 22.6 Å². The molecule has 0 aliphatic carbocycles. The number of nitrogens with one attached hydrogen (secondary N) is 5. The third-order valence-electron chi connectivity index (χ3n) is 4.26. The second-order valence-electron chi connectivity index (χ2n) is 5.90. The van der Waals surface area contributed by atoms with Crippen LogP contribution < -0.4 is 31.5 Å². The van der Waals surface area contributed by atoms with Crippen LogP contribution in [-0.4, -0.2) is 30.8 Å². The van der Waals surface area contributed by atoms with Gasteiger partial charge in [-0.3, -0.25) is 10.2 Å². The van der Waals surface area contributed by atoms with Crippen molar-refractivity contribution in [1.29, 1.82) is 0 Å². The van der Waals surface area contributed by atoms with Gasteiger partial charge in [0.15, 0.2) is 6.61 Å². The number of anilines is 2. The van der Waals surface area contributed by atoms with Gasteiger partial charge >= 0.3 is 6.03 Å². The summed E-state index contributed by atoms with van der Waals surface area (Å²) in [4.78, 5) is 23.5. The number of hydrogen-bond acceptors (Lipinski definition) is 5. The highest BCUT2D eigenvalue weighted by Crippen LogP contribution is 2.36. The average molecular weight is 354 g/mol. The molecule has 130 valence electrons. The standard InChI is InChI=1S/C15H20ClN5O3/c1-3-9-7(2)14(21-20-9)19-15(23)18-10-5-12-11(4-8(10)16)17-13(22)6-24-12/h4-5,7,9,14,20-21H,3,6H2,1-2H3,(H,17,22)(H2,18,19,23). The second kappa shape index (κ2) is 6.84. The summed E-state index contributed by atoms with van der Waals surface area (Å²) in [6.07, 6.45) is 0.787. The van der Waals surface area contributed by atoms with Crippen LogP contribution in [0.3, 0.4) is 0 Å². The van der Waals surface area contributed by atoms with E-state index in [1.165, 1.54) is 0 Å². The predicted molar refractivity (Wildman–Crippen MR) is 91.0 cm³/mol. The molecule has 0 aromatic heterocycles. The van der Waals surface area contributed by atoms with Crippen molar-refractivity contribution in [3.8, 4) is 5.75 Å². The summed E-state index contributed by atoms with van der Waals surface area (Å²) in [5, 5.41) is 8.55. The Kier molecular flexibility index (Phi) is 4.79. The number of urea groups is 1. The summed E-state index contributed by atoms with van der Waals surface area (Å²) >= 11 is 6.17. The van der Waals surface area contributed by atoms with Crippen LogP contribution in [0.1, 0.15) is 20.3 Å². The molecular weight excluding hydrogens is 334 g/mol. The molecule has 3 atom stereocenters. The topological polar surface area (TPSA) is 104 Å². The number of halogens is 1. The van der Waals surface area contributed by atoms with Crippen molar-refractivity contribution in [1.82, 2.24) is 16.2 Å². The summed E-state index contributed by atoms with van der Waals surface area (Å²) in [6, 6.07) is 3.07. The molecule has 9 heteroatoms. The summed E-state index contributed by atoms with van der Waals surface area (Å²) in [7, 11) is 0. The zero-order valence-electron chi connectivity index (χ0n) is 13.4. The van der Waals surface area contributed by atoms with Crippen LogP contribution in [0.4, 0.5) is 16.2 Å². The maximum atomic E-state index is 12.2. The van der Waals surface area contributed by atoms with Crippen LogP contribution in [-0.2, 0) is 4.79 Å². The number of carbonyl (C=O) groups excluding carboxylic acids is 2. The molecule has 1 saturated heterocycles. The molecule has 8 nitrogen and oxygen atoms in total. The van der Waals surface area contributed by atoms with E-state index in [1.807, 2.05) is 0 Å². The number of benzene rings is 1. The molecule has 0 radical (unpaired) electrons. The Morgan fingerprint density at radius 3 is 2.92 bits per heavy atom. The summed E-state index contributed by atoms with van der Waals surface area (Å²) in [6.45, 7) is 4.09. The average Bonchev–Trinajstić information content (AvgIpc) is 2.88. The summed E-state index contributed by atoms with van der Waals surface area (Å²) in [5.74, 6) is 0.476. The van der Waals surface area contributed by atoms with Gasteiger partial charge < -0.3 is 20.7 Å². The van der Waals surface area contributed by atoms with E-state index in [2.05, 4.69) is 40.6 Å². The lowest BCUT2D eigenvalue weighted by molar-refractivity contribution is -0.118. The fraction of sp³-hybridized carbons (Fsp3) is 0.467. The molecule has 3 unspecified atom stereocenters. The van der Waals surface area contributed by atoms with E-state index in [0.717, 1.165) is 6.42 Å². The fourth-order valence-electron chi connectivity index (χ4n) is 2.83. The number of hydrogen-bond donors (Lipinski definition) is 5. The van der Waals surface area contributed by atoms with Crippen molar-refractivity contribution in [3.63, 3.8) is 0 Å². The second-order valence-corrected chi connectivity index (χ2v) is 6.31. The maximum absolute atomic E-state index is 12.2. The van der Waals surface area contributed by atoms with Crippen LogP contribution in [0.5, 0.6) is 5.75 Å². The third kappa shape index (κ3) is 3.40. The molecule has 3 amide bonds. The first-order valence-corrected chi connectivity index (χ1v) is 8.20. The van der Waals surface area contributed by atoms with Gasteiger partial charge in [-0.1, -0.05) is 25.4 Å². The first-order valence-electron chi connectivity index (χ1n) is 7.82. The van der Waals surface area contributed by atoms with Crippen molar-refractivity contribution >= 4 is 34.9 Å². The molecule has 2 aliphatic rings. The van der Waals surface area contributed by atoms with Crippen LogP contribution in [0.25, 0.3) is 0 Å². The molecule has 2 heterocycles. The van der Waals surface area contributed by atoms with E-state index in [4.69, 9.17) is 16.3 Å². The summed E-state index contributed by atoms with van der Waals surface area (Å²) < 4.78 is 5.33. The molecule has 1 aromatic rings. The van der Waals surface area contributed by atoms with Crippen LogP contribution in [0.2, 0.25) is 5.02 Å². The van der Waals surface area contributed by atoms with Crippen molar-refractivity contribution < 1.29 is 14.3 Å². The Labute approximate surface area is 144 Å². The Morgan fingerprint density at radius 2 is 2.21 bits per heavy atom. The van der Waals surface area contributed by atoms with Gasteiger partial charge in [0.25, 0.3) is 5.91 Å². The van der Waals surface area contributed by atoms with Gasteiger partial charge in [0, 0.05) is 18.0 Å². The fourth-order valence-corrected chi connectivity index (χ4v) is 3.04. The normalized spacial score (nSPS) is 25.5. The lowest BCUT2D eigenvalue weighted by Gasteiger charge is -2.21.